The molecule has 3 aromatic heterocycles. The van der Waals surface area contributed by atoms with Gasteiger partial charge in [-0.2, -0.15) is 9.97 Å². The van der Waals surface area contributed by atoms with Gasteiger partial charge in [-0.1, -0.05) is 24.3 Å². The number of rotatable bonds is 6. The van der Waals surface area contributed by atoms with Gasteiger partial charge in [0.15, 0.2) is 5.82 Å². The average molecular weight is 526 g/mol. The first-order valence-electron chi connectivity index (χ1n) is 13.2. The first-order chi connectivity index (χ1) is 19.0. The van der Waals surface area contributed by atoms with Crippen molar-refractivity contribution in [3.05, 3.63) is 66.6 Å². The number of ether oxygens (including phenoxy) is 1. The van der Waals surface area contributed by atoms with Crippen LogP contribution >= 0.6 is 0 Å². The van der Waals surface area contributed by atoms with Crippen molar-refractivity contribution >= 4 is 27.5 Å². The van der Waals surface area contributed by atoms with Gasteiger partial charge < -0.3 is 24.6 Å². The summed E-state index contributed by atoms with van der Waals surface area (Å²) in [4.78, 5) is 20.4. The molecule has 39 heavy (non-hydrogen) atoms. The van der Waals surface area contributed by atoms with Gasteiger partial charge in [-0.25, -0.2) is 9.37 Å². The number of benzene rings is 2. The molecular weight excluding hydrogens is 497 g/mol. The predicted molar refractivity (Wildman–Crippen MR) is 146 cm³/mol. The Hall–Kier alpha value is -4.31. The normalized spacial score (nSPS) is 18.8. The van der Waals surface area contributed by atoms with E-state index < -0.39 is 5.82 Å². The van der Waals surface area contributed by atoms with Crippen LogP contribution in [-0.2, 0) is 13.5 Å². The molecule has 0 spiro atoms. The van der Waals surface area contributed by atoms with E-state index >= 15 is 4.39 Å². The van der Waals surface area contributed by atoms with Crippen molar-refractivity contribution in [3.63, 3.8) is 0 Å². The molecular formula is C29H28FN7O2. The second-order valence-electron chi connectivity index (χ2n) is 10.3. The number of nitrogens with zero attached hydrogens (tertiary/aromatic N) is 6. The Morgan fingerprint density at radius 3 is 2.69 bits per heavy atom. The highest BCUT2D eigenvalue weighted by Gasteiger charge is 2.34. The Balaban J connectivity index is 1.33. The number of anilines is 1. The number of aromatic hydroxyl groups is 1. The highest BCUT2D eigenvalue weighted by Crippen LogP contribution is 2.37. The molecule has 7 rings (SSSR count). The lowest BCUT2D eigenvalue weighted by Gasteiger charge is -2.34. The van der Waals surface area contributed by atoms with E-state index in [2.05, 4.69) is 25.2 Å². The third-order valence-electron chi connectivity index (χ3n) is 7.74. The van der Waals surface area contributed by atoms with Crippen molar-refractivity contribution in [2.45, 2.75) is 31.3 Å². The second kappa shape index (κ2) is 9.46. The second-order valence-corrected chi connectivity index (χ2v) is 10.3. The molecule has 2 atom stereocenters. The van der Waals surface area contributed by atoms with Crippen LogP contribution in [0.15, 0.2) is 55.0 Å². The fourth-order valence-corrected chi connectivity index (χ4v) is 5.85. The van der Waals surface area contributed by atoms with E-state index in [1.165, 1.54) is 0 Å². The summed E-state index contributed by atoms with van der Waals surface area (Å²) in [7, 11) is 1.93. The van der Waals surface area contributed by atoms with Gasteiger partial charge in [0.25, 0.3) is 0 Å². The number of fused-ring (bicyclic) bond motifs is 4. The summed E-state index contributed by atoms with van der Waals surface area (Å²) >= 11 is 0. The minimum Gasteiger partial charge on any atom is -0.508 e. The first-order valence-corrected chi connectivity index (χ1v) is 13.2. The molecule has 0 amide bonds. The fraction of sp³-hybridized carbons (Fsp3) is 0.310. The molecule has 2 unspecified atom stereocenters. The van der Waals surface area contributed by atoms with Crippen LogP contribution in [0.25, 0.3) is 32.9 Å². The minimum absolute atomic E-state index is 0.0444. The van der Waals surface area contributed by atoms with Crippen LogP contribution in [0, 0.1) is 5.82 Å². The zero-order valence-electron chi connectivity index (χ0n) is 21.5. The third kappa shape index (κ3) is 4.30. The monoisotopic (exact) mass is 525 g/mol. The quantitative estimate of drug-likeness (QED) is 0.343. The summed E-state index contributed by atoms with van der Waals surface area (Å²) in [6.07, 6.45) is 8.05. The summed E-state index contributed by atoms with van der Waals surface area (Å²) in [6.45, 7) is 1.85. The molecule has 0 radical (unpaired) electrons. The molecule has 5 aromatic rings. The number of aryl methyl sites for hydroxylation is 1. The fourth-order valence-electron chi connectivity index (χ4n) is 5.85. The zero-order valence-corrected chi connectivity index (χ0v) is 21.5. The number of hydrogen-bond donors (Lipinski definition) is 2. The average Bonchev–Trinajstić information content (AvgIpc) is 3.51. The predicted octanol–water partition coefficient (Wildman–Crippen LogP) is 3.99. The summed E-state index contributed by atoms with van der Waals surface area (Å²) in [5, 5.41) is 16.1. The van der Waals surface area contributed by atoms with Gasteiger partial charge in [0.1, 0.15) is 28.6 Å². The lowest BCUT2D eigenvalue weighted by Crippen LogP contribution is -2.51. The van der Waals surface area contributed by atoms with Crippen LogP contribution in [0.2, 0.25) is 0 Å². The van der Waals surface area contributed by atoms with E-state index in [0.29, 0.717) is 41.9 Å². The van der Waals surface area contributed by atoms with Crippen LogP contribution in [0.5, 0.6) is 11.8 Å². The minimum atomic E-state index is -0.570. The van der Waals surface area contributed by atoms with E-state index in [-0.39, 0.29) is 23.0 Å². The number of nitrogens with one attached hydrogen (secondary N) is 1. The maximum absolute atomic E-state index is 16.4. The van der Waals surface area contributed by atoms with E-state index in [0.717, 1.165) is 42.5 Å². The Kier molecular flexibility index (Phi) is 5.77. The van der Waals surface area contributed by atoms with Gasteiger partial charge in [-0.3, -0.25) is 4.98 Å². The van der Waals surface area contributed by atoms with E-state index in [1.54, 1.807) is 24.5 Å². The van der Waals surface area contributed by atoms with Crippen molar-refractivity contribution in [2.24, 2.45) is 7.05 Å². The first kappa shape index (κ1) is 23.8. The van der Waals surface area contributed by atoms with Gasteiger partial charge in [-0.05, 0) is 35.7 Å². The van der Waals surface area contributed by atoms with Crippen molar-refractivity contribution in [1.82, 2.24) is 29.8 Å². The van der Waals surface area contributed by atoms with Crippen molar-refractivity contribution < 1.29 is 14.2 Å². The van der Waals surface area contributed by atoms with E-state index in [9.17, 15) is 5.11 Å². The topological polar surface area (TPSA) is 101 Å². The number of piperazine rings is 1. The molecule has 10 heteroatoms. The Bertz CT molecular complexity index is 1690. The van der Waals surface area contributed by atoms with Crippen LogP contribution in [0.4, 0.5) is 10.2 Å². The molecule has 2 bridgehead atoms. The van der Waals surface area contributed by atoms with E-state index in [1.807, 2.05) is 42.1 Å². The zero-order chi connectivity index (χ0) is 26.5. The van der Waals surface area contributed by atoms with Gasteiger partial charge in [0.2, 0.25) is 0 Å². The molecule has 2 fully saturated rings. The molecule has 9 nitrogen and oxygen atoms in total. The summed E-state index contributed by atoms with van der Waals surface area (Å²) < 4.78 is 24.3. The maximum atomic E-state index is 16.4. The van der Waals surface area contributed by atoms with Crippen LogP contribution < -0.4 is 15.0 Å². The molecule has 5 heterocycles. The SMILES string of the molecule is Cn1ccnc1CCOc1nc(N2CC3CCC(C2)N3)c2cnc(-c3cc(O)cc4ccccc34)c(F)c2n1. The van der Waals surface area contributed by atoms with Gasteiger partial charge in [0.05, 0.1) is 12.0 Å². The van der Waals surface area contributed by atoms with Crippen LogP contribution in [-0.4, -0.2) is 61.4 Å². The molecule has 198 valence electrons. The summed E-state index contributed by atoms with van der Waals surface area (Å²) in [6, 6.07) is 11.6. The Labute approximate surface area is 224 Å². The molecule has 2 aliphatic heterocycles. The van der Waals surface area contributed by atoms with E-state index in [4.69, 9.17) is 9.72 Å². The smallest absolute Gasteiger partial charge is 0.319 e. The maximum Gasteiger partial charge on any atom is 0.319 e. The number of aromatic nitrogens is 5. The highest BCUT2D eigenvalue weighted by molar-refractivity contribution is 5.99. The van der Waals surface area contributed by atoms with Gasteiger partial charge in [0, 0.05) is 62.8 Å². The van der Waals surface area contributed by atoms with Crippen molar-refractivity contribution in [2.75, 3.05) is 24.6 Å². The van der Waals surface area contributed by atoms with Crippen molar-refractivity contribution in [3.8, 4) is 23.0 Å². The standard InChI is InChI=1S/C29H28FN7O2/c1-36-10-9-31-24(36)8-11-39-29-34-27-23(28(35-29)37-15-18-6-7-19(16-37)33-18)14-32-26(25(27)30)22-13-20(38)12-17-4-2-3-5-21(17)22/h2-5,9-10,12-14,18-19,33,38H,6-8,11,15-16H2,1H3. The molecule has 2 aliphatic rings. The number of phenolic OH excluding ortho intramolecular Hbond substituents is 1. The summed E-state index contributed by atoms with van der Waals surface area (Å²) in [5.74, 6) is 0.981. The Morgan fingerprint density at radius 2 is 1.90 bits per heavy atom. The van der Waals surface area contributed by atoms with Gasteiger partial charge >= 0.3 is 6.01 Å². The highest BCUT2D eigenvalue weighted by atomic mass is 19.1. The third-order valence-corrected chi connectivity index (χ3v) is 7.74. The number of imidazole rings is 1. The molecule has 2 saturated heterocycles. The number of halogens is 1. The van der Waals surface area contributed by atoms with Crippen LogP contribution in [0.3, 0.4) is 0 Å². The van der Waals surface area contributed by atoms with Gasteiger partial charge in [-0.15, -0.1) is 0 Å². The summed E-state index contributed by atoms with van der Waals surface area (Å²) in [5.41, 5.74) is 0.775. The van der Waals surface area contributed by atoms with Crippen LogP contribution in [0.1, 0.15) is 18.7 Å². The molecule has 0 saturated carbocycles. The lowest BCUT2D eigenvalue weighted by atomic mass is 10.0. The Morgan fingerprint density at radius 1 is 1.08 bits per heavy atom. The largest absolute Gasteiger partial charge is 0.508 e. The molecule has 2 aromatic carbocycles. The lowest BCUT2D eigenvalue weighted by molar-refractivity contribution is 0.293. The molecule has 0 aliphatic carbocycles. The number of phenols is 1. The number of hydrogen-bond acceptors (Lipinski definition) is 8. The molecule has 2 N–H and O–H groups in total. The van der Waals surface area contributed by atoms with Crippen molar-refractivity contribution in [1.29, 1.82) is 0 Å². The number of pyridine rings is 1.